The van der Waals surface area contributed by atoms with Crippen LogP contribution in [-0.2, 0) is 6.42 Å². The molecule has 0 atom stereocenters. The Kier molecular flexibility index (Phi) is 2.37. The van der Waals surface area contributed by atoms with Crippen LogP contribution >= 0.6 is 11.3 Å². The van der Waals surface area contributed by atoms with Crippen LogP contribution in [0.4, 0.5) is 0 Å². The van der Waals surface area contributed by atoms with Gasteiger partial charge in [0.15, 0.2) is 0 Å². The Hall–Kier alpha value is -1.81. The standard InChI is InChI=1S/C13H10O3S/c14-13(15)10-6-12(17-7-10)9-1-2-11-8(5-9)3-4-16-11/h1-2,5-7H,3-4H2,(H,14,15). The molecule has 1 aliphatic rings. The van der Waals surface area contributed by atoms with Crippen LogP contribution in [0, 0.1) is 0 Å². The topological polar surface area (TPSA) is 46.5 Å². The van der Waals surface area contributed by atoms with Gasteiger partial charge in [-0.25, -0.2) is 4.79 Å². The van der Waals surface area contributed by atoms with Gasteiger partial charge in [-0.05, 0) is 35.4 Å². The van der Waals surface area contributed by atoms with E-state index in [4.69, 9.17) is 9.84 Å². The summed E-state index contributed by atoms with van der Waals surface area (Å²) in [7, 11) is 0. The van der Waals surface area contributed by atoms with Crippen LogP contribution in [0.3, 0.4) is 0 Å². The monoisotopic (exact) mass is 246 g/mol. The maximum Gasteiger partial charge on any atom is 0.336 e. The minimum atomic E-state index is -0.878. The zero-order valence-corrected chi connectivity index (χ0v) is 9.79. The quantitative estimate of drug-likeness (QED) is 0.885. The molecule has 0 bridgehead atoms. The van der Waals surface area contributed by atoms with E-state index in [1.165, 1.54) is 16.9 Å². The smallest absolute Gasteiger partial charge is 0.336 e. The predicted octanol–water partition coefficient (Wildman–Crippen LogP) is 3.05. The van der Waals surface area contributed by atoms with Crippen molar-refractivity contribution >= 4 is 17.3 Å². The second-order valence-electron chi connectivity index (χ2n) is 3.93. The molecule has 0 amide bonds. The molecular formula is C13H10O3S. The maximum atomic E-state index is 10.8. The average molecular weight is 246 g/mol. The molecule has 1 aliphatic heterocycles. The number of carboxylic acids is 1. The summed E-state index contributed by atoms with van der Waals surface area (Å²) in [5.74, 6) is 0.0701. The van der Waals surface area contributed by atoms with Crippen molar-refractivity contribution in [3.05, 3.63) is 40.8 Å². The summed E-state index contributed by atoms with van der Waals surface area (Å²) in [5.41, 5.74) is 2.61. The lowest BCUT2D eigenvalue weighted by atomic mass is 10.1. The third kappa shape index (κ3) is 1.80. The summed E-state index contributed by atoms with van der Waals surface area (Å²) >= 11 is 1.45. The molecule has 0 aliphatic carbocycles. The van der Waals surface area contributed by atoms with Gasteiger partial charge in [0.1, 0.15) is 5.75 Å². The highest BCUT2D eigenvalue weighted by molar-refractivity contribution is 7.13. The molecule has 17 heavy (non-hydrogen) atoms. The molecule has 1 aromatic heterocycles. The van der Waals surface area contributed by atoms with Gasteiger partial charge in [-0.2, -0.15) is 0 Å². The second-order valence-corrected chi connectivity index (χ2v) is 4.84. The van der Waals surface area contributed by atoms with Crippen LogP contribution in [0.1, 0.15) is 15.9 Å². The van der Waals surface area contributed by atoms with Crippen LogP contribution < -0.4 is 4.74 Å². The number of carboxylic acid groups (broad SMARTS) is 1. The van der Waals surface area contributed by atoms with Crippen molar-refractivity contribution in [2.24, 2.45) is 0 Å². The molecule has 0 fully saturated rings. The Bertz CT molecular complexity index is 586. The molecule has 4 heteroatoms. The Morgan fingerprint density at radius 2 is 2.24 bits per heavy atom. The Morgan fingerprint density at radius 3 is 3.00 bits per heavy atom. The van der Waals surface area contributed by atoms with Crippen LogP contribution in [0.2, 0.25) is 0 Å². The van der Waals surface area contributed by atoms with Gasteiger partial charge in [0.2, 0.25) is 0 Å². The lowest BCUT2D eigenvalue weighted by Crippen LogP contribution is -1.91. The fourth-order valence-corrected chi connectivity index (χ4v) is 2.82. The molecular weight excluding hydrogens is 236 g/mol. The predicted molar refractivity (Wildman–Crippen MR) is 65.9 cm³/mol. The van der Waals surface area contributed by atoms with Crippen molar-refractivity contribution in [2.45, 2.75) is 6.42 Å². The number of rotatable bonds is 2. The fourth-order valence-electron chi connectivity index (χ4n) is 1.94. The molecule has 0 radical (unpaired) electrons. The summed E-state index contributed by atoms with van der Waals surface area (Å²) < 4.78 is 5.44. The molecule has 1 N–H and O–H groups in total. The molecule has 86 valence electrons. The van der Waals surface area contributed by atoms with Gasteiger partial charge < -0.3 is 9.84 Å². The van der Waals surface area contributed by atoms with Crippen molar-refractivity contribution in [3.63, 3.8) is 0 Å². The molecule has 0 unspecified atom stereocenters. The number of fused-ring (bicyclic) bond motifs is 1. The first-order valence-electron chi connectivity index (χ1n) is 5.32. The van der Waals surface area contributed by atoms with E-state index in [0.29, 0.717) is 5.56 Å². The Labute approximate surface area is 102 Å². The lowest BCUT2D eigenvalue weighted by Gasteiger charge is -2.01. The van der Waals surface area contributed by atoms with Gasteiger partial charge >= 0.3 is 5.97 Å². The van der Waals surface area contributed by atoms with E-state index in [1.54, 1.807) is 11.4 Å². The van der Waals surface area contributed by atoms with Crippen molar-refractivity contribution < 1.29 is 14.6 Å². The van der Waals surface area contributed by atoms with Crippen LogP contribution in [0.5, 0.6) is 5.75 Å². The highest BCUT2D eigenvalue weighted by Gasteiger charge is 2.14. The maximum absolute atomic E-state index is 10.8. The third-order valence-electron chi connectivity index (χ3n) is 2.82. The van der Waals surface area contributed by atoms with Gasteiger partial charge in [-0.15, -0.1) is 11.3 Å². The van der Waals surface area contributed by atoms with E-state index < -0.39 is 5.97 Å². The third-order valence-corrected chi connectivity index (χ3v) is 3.80. The number of aromatic carboxylic acids is 1. The van der Waals surface area contributed by atoms with Gasteiger partial charge in [-0.1, -0.05) is 0 Å². The number of carbonyl (C=O) groups is 1. The normalized spacial score (nSPS) is 13.2. The Morgan fingerprint density at radius 1 is 1.35 bits per heavy atom. The highest BCUT2D eigenvalue weighted by Crippen LogP contribution is 2.33. The van der Waals surface area contributed by atoms with Gasteiger partial charge in [0.25, 0.3) is 0 Å². The zero-order chi connectivity index (χ0) is 11.8. The first kappa shape index (κ1) is 10.4. The molecule has 1 aromatic carbocycles. The van der Waals surface area contributed by atoms with Crippen LogP contribution in [-0.4, -0.2) is 17.7 Å². The molecule has 0 spiro atoms. The van der Waals surface area contributed by atoms with Crippen molar-refractivity contribution in [2.75, 3.05) is 6.61 Å². The van der Waals surface area contributed by atoms with Gasteiger partial charge in [0, 0.05) is 16.7 Å². The zero-order valence-electron chi connectivity index (χ0n) is 8.97. The fraction of sp³-hybridized carbons (Fsp3) is 0.154. The number of thiophene rings is 1. The number of hydrogen-bond donors (Lipinski definition) is 1. The van der Waals surface area contributed by atoms with E-state index >= 15 is 0 Å². The molecule has 2 heterocycles. The molecule has 3 rings (SSSR count). The van der Waals surface area contributed by atoms with Crippen LogP contribution in [0.25, 0.3) is 10.4 Å². The summed E-state index contributed by atoms with van der Waals surface area (Å²) in [4.78, 5) is 11.8. The van der Waals surface area contributed by atoms with E-state index in [9.17, 15) is 4.79 Å². The van der Waals surface area contributed by atoms with Crippen molar-refractivity contribution in [3.8, 4) is 16.2 Å². The summed E-state index contributed by atoms with van der Waals surface area (Å²) in [6.45, 7) is 0.740. The summed E-state index contributed by atoms with van der Waals surface area (Å²) in [6, 6.07) is 7.73. The Balaban J connectivity index is 2.00. The average Bonchev–Trinajstić information content (AvgIpc) is 2.97. The van der Waals surface area contributed by atoms with E-state index in [-0.39, 0.29) is 0 Å². The van der Waals surface area contributed by atoms with Gasteiger partial charge in [0.05, 0.1) is 12.2 Å². The molecule has 0 saturated heterocycles. The SMILES string of the molecule is O=C(O)c1csc(-c2ccc3c(c2)CCO3)c1. The minimum absolute atomic E-state index is 0.349. The first-order chi connectivity index (χ1) is 8.24. The first-order valence-corrected chi connectivity index (χ1v) is 6.20. The van der Waals surface area contributed by atoms with Gasteiger partial charge in [-0.3, -0.25) is 0 Å². The van der Waals surface area contributed by atoms with E-state index in [0.717, 1.165) is 29.2 Å². The van der Waals surface area contributed by atoms with Crippen molar-refractivity contribution in [1.82, 2.24) is 0 Å². The highest BCUT2D eigenvalue weighted by atomic mass is 32.1. The largest absolute Gasteiger partial charge is 0.493 e. The number of hydrogen-bond acceptors (Lipinski definition) is 3. The summed E-state index contributed by atoms with van der Waals surface area (Å²) in [5, 5.41) is 10.6. The minimum Gasteiger partial charge on any atom is -0.493 e. The number of benzene rings is 1. The van der Waals surface area contributed by atoms with Crippen LogP contribution in [0.15, 0.2) is 29.6 Å². The molecule has 3 nitrogen and oxygen atoms in total. The van der Waals surface area contributed by atoms with E-state index in [1.807, 2.05) is 12.1 Å². The number of ether oxygens (including phenoxy) is 1. The second kappa shape index (κ2) is 3.89. The summed E-state index contributed by atoms with van der Waals surface area (Å²) in [6.07, 6.45) is 0.931. The molecule has 0 saturated carbocycles. The molecule has 2 aromatic rings. The van der Waals surface area contributed by atoms with Crippen molar-refractivity contribution in [1.29, 1.82) is 0 Å². The lowest BCUT2D eigenvalue weighted by molar-refractivity contribution is 0.0697. The van der Waals surface area contributed by atoms with E-state index in [2.05, 4.69) is 6.07 Å².